The summed E-state index contributed by atoms with van der Waals surface area (Å²) in [5.41, 5.74) is 8.31. The minimum atomic E-state index is 0.843. The molecule has 0 aliphatic rings. The topological polar surface area (TPSA) is 44.2 Å². The highest BCUT2D eigenvalue weighted by Gasteiger charge is 2.06. The molecular formula is C30H24N2O2. The van der Waals surface area contributed by atoms with Gasteiger partial charge in [0.25, 0.3) is 0 Å². The number of benzene rings is 3. The van der Waals surface area contributed by atoms with E-state index >= 15 is 0 Å². The van der Waals surface area contributed by atoms with Crippen molar-refractivity contribution in [3.05, 3.63) is 109 Å². The molecule has 3 aromatic carbocycles. The van der Waals surface area contributed by atoms with Crippen LogP contribution in [0.25, 0.3) is 44.8 Å². The molecule has 0 radical (unpaired) electrons. The lowest BCUT2D eigenvalue weighted by Gasteiger charge is -2.08. The molecule has 2 heterocycles. The van der Waals surface area contributed by atoms with Gasteiger partial charge in [-0.1, -0.05) is 54.6 Å². The Labute approximate surface area is 199 Å². The van der Waals surface area contributed by atoms with Gasteiger partial charge in [-0.05, 0) is 53.6 Å². The first-order chi connectivity index (χ1) is 16.7. The number of aromatic nitrogens is 2. The van der Waals surface area contributed by atoms with Gasteiger partial charge in [0, 0.05) is 34.6 Å². The molecule has 4 nitrogen and oxygen atoms in total. The van der Waals surface area contributed by atoms with Crippen LogP contribution in [-0.4, -0.2) is 24.2 Å². The van der Waals surface area contributed by atoms with Crippen LogP contribution in [0, 0.1) is 0 Å². The quantitative estimate of drug-likeness (QED) is 0.279. The molecule has 4 heteroatoms. The van der Waals surface area contributed by atoms with E-state index in [0.29, 0.717) is 0 Å². The largest absolute Gasteiger partial charge is 0.497 e. The summed E-state index contributed by atoms with van der Waals surface area (Å²) in [4.78, 5) is 9.42. The van der Waals surface area contributed by atoms with Crippen LogP contribution in [0.4, 0.5) is 0 Å². The first-order valence-corrected chi connectivity index (χ1v) is 11.1. The van der Waals surface area contributed by atoms with Crippen LogP contribution in [0.3, 0.4) is 0 Å². The molecule has 0 atom stereocenters. The minimum Gasteiger partial charge on any atom is -0.497 e. The van der Waals surface area contributed by atoms with E-state index in [1.165, 1.54) is 0 Å². The Kier molecular flexibility index (Phi) is 6.04. The monoisotopic (exact) mass is 444 g/mol. The van der Waals surface area contributed by atoms with Gasteiger partial charge < -0.3 is 9.47 Å². The maximum absolute atomic E-state index is 5.24. The highest BCUT2D eigenvalue weighted by Crippen LogP contribution is 2.28. The third-order valence-electron chi connectivity index (χ3n) is 5.83. The van der Waals surface area contributed by atoms with Crippen molar-refractivity contribution >= 4 is 0 Å². The van der Waals surface area contributed by atoms with E-state index in [9.17, 15) is 0 Å². The van der Waals surface area contributed by atoms with Gasteiger partial charge in [-0.25, -0.2) is 0 Å². The second-order valence-corrected chi connectivity index (χ2v) is 7.90. The fourth-order valence-corrected chi connectivity index (χ4v) is 3.88. The first kappa shape index (κ1) is 21.4. The van der Waals surface area contributed by atoms with Crippen molar-refractivity contribution in [3.63, 3.8) is 0 Å². The lowest BCUT2D eigenvalue weighted by atomic mass is 10.0. The fourth-order valence-electron chi connectivity index (χ4n) is 3.88. The van der Waals surface area contributed by atoms with Gasteiger partial charge in [-0.15, -0.1) is 0 Å². The molecular weight excluding hydrogens is 420 g/mol. The maximum Gasteiger partial charge on any atom is 0.118 e. The average Bonchev–Trinajstić information content (AvgIpc) is 2.93. The number of rotatable bonds is 6. The molecule has 0 aliphatic carbocycles. The van der Waals surface area contributed by atoms with Gasteiger partial charge in [0.05, 0.1) is 25.6 Å². The molecule has 0 amide bonds. The van der Waals surface area contributed by atoms with Crippen molar-refractivity contribution in [2.45, 2.75) is 0 Å². The van der Waals surface area contributed by atoms with E-state index in [4.69, 9.17) is 19.4 Å². The molecule has 5 aromatic rings. The third kappa shape index (κ3) is 4.52. The lowest BCUT2D eigenvalue weighted by Crippen LogP contribution is -1.89. The Bertz CT molecular complexity index is 1270. The Morgan fingerprint density at radius 1 is 0.441 bits per heavy atom. The molecule has 5 rings (SSSR count). The average molecular weight is 445 g/mol. The summed E-state index contributed by atoms with van der Waals surface area (Å²) in [6.45, 7) is 0. The van der Waals surface area contributed by atoms with Crippen molar-refractivity contribution in [3.8, 4) is 56.3 Å². The molecule has 34 heavy (non-hydrogen) atoms. The zero-order chi connectivity index (χ0) is 23.3. The van der Waals surface area contributed by atoms with E-state index in [1.54, 1.807) is 14.2 Å². The zero-order valence-electron chi connectivity index (χ0n) is 19.1. The third-order valence-corrected chi connectivity index (χ3v) is 5.83. The Morgan fingerprint density at radius 2 is 0.853 bits per heavy atom. The predicted octanol–water partition coefficient (Wildman–Crippen LogP) is 7.16. The maximum atomic E-state index is 5.24. The second kappa shape index (κ2) is 9.59. The highest BCUT2D eigenvalue weighted by atomic mass is 16.5. The number of pyridine rings is 2. The number of methoxy groups -OCH3 is 2. The molecule has 0 bridgehead atoms. The van der Waals surface area contributed by atoms with Gasteiger partial charge in [0.15, 0.2) is 0 Å². The van der Waals surface area contributed by atoms with Crippen LogP contribution < -0.4 is 9.47 Å². The van der Waals surface area contributed by atoms with E-state index < -0.39 is 0 Å². The van der Waals surface area contributed by atoms with Crippen LogP contribution in [-0.2, 0) is 0 Å². The zero-order valence-corrected chi connectivity index (χ0v) is 19.1. The van der Waals surface area contributed by atoms with Crippen LogP contribution in [0.15, 0.2) is 109 Å². The van der Waals surface area contributed by atoms with Crippen molar-refractivity contribution < 1.29 is 9.47 Å². The fraction of sp³-hybridized carbons (Fsp3) is 0.0667. The van der Waals surface area contributed by atoms with Crippen molar-refractivity contribution in [2.75, 3.05) is 14.2 Å². The van der Waals surface area contributed by atoms with Crippen molar-refractivity contribution in [1.82, 2.24) is 9.97 Å². The number of ether oxygens (including phenoxy) is 2. The molecule has 0 unspecified atom stereocenters. The van der Waals surface area contributed by atoms with Crippen molar-refractivity contribution in [2.24, 2.45) is 0 Å². The molecule has 0 N–H and O–H groups in total. The molecule has 0 spiro atoms. The normalized spacial score (nSPS) is 10.6. The number of nitrogens with zero attached hydrogens (tertiary/aromatic N) is 2. The van der Waals surface area contributed by atoms with Gasteiger partial charge in [-0.2, -0.15) is 0 Å². The smallest absolute Gasteiger partial charge is 0.118 e. The lowest BCUT2D eigenvalue weighted by molar-refractivity contribution is 0.415. The minimum absolute atomic E-state index is 0.843. The van der Waals surface area contributed by atoms with E-state index in [0.717, 1.165) is 56.3 Å². The summed E-state index contributed by atoms with van der Waals surface area (Å²) in [7, 11) is 3.34. The van der Waals surface area contributed by atoms with Crippen LogP contribution in [0.2, 0.25) is 0 Å². The standard InChI is InChI=1S/C30H24N2O2/c1-33-27-12-6-21(7-13-27)25-10-16-29(31-19-25)23-4-3-5-24(18-23)30-17-11-26(20-32-30)22-8-14-28(34-2)15-9-22/h3-20H,1-2H3. The Morgan fingerprint density at radius 3 is 1.21 bits per heavy atom. The summed E-state index contributed by atoms with van der Waals surface area (Å²) >= 11 is 0. The number of hydrogen-bond acceptors (Lipinski definition) is 4. The van der Waals surface area contributed by atoms with Gasteiger partial charge in [0.1, 0.15) is 11.5 Å². The van der Waals surface area contributed by atoms with E-state index in [1.807, 2.05) is 67.0 Å². The molecule has 2 aromatic heterocycles. The van der Waals surface area contributed by atoms with Gasteiger partial charge >= 0.3 is 0 Å². The van der Waals surface area contributed by atoms with E-state index in [2.05, 4.69) is 42.5 Å². The highest BCUT2D eigenvalue weighted by molar-refractivity contribution is 5.73. The summed E-state index contributed by atoms with van der Waals surface area (Å²) < 4.78 is 10.5. The number of hydrogen-bond donors (Lipinski definition) is 0. The molecule has 0 saturated heterocycles. The first-order valence-electron chi connectivity index (χ1n) is 11.1. The summed E-state index contributed by atoms with van der Waals surface area (Å²) in [5.74, 6) is 1.69. The molecule has 166 valence electrons. The van der Waals surface area contributed by atoms with Crippen LogP contribution in [0.1, 0.15) is 0 Å². The van der Waals surface area contributed by atoms with E-state index in [-0.39, 0.29) is 0 Å². The summed E-state index contributed by atoms with van der Waals surface area (Å²) in [6, 6.07) is 32.6. The van der Waals surface area contributed by atoms with Crippen LogP contribution >= 0.6 is 0 Å². The molecule has 0 aliphatic heterocycles. The SMILES string of the molecule is COc1ccc(-c2ccc(-c3cccc(-c4ccc(-c5ccc(OC)cc5)cn4)c3)nc2)cc1. The van der Waals surface area contributed by atoms with Gasteiger partial charge in [-0.3, -0.25) is 9.97 Å². The summed E-state index contributed by atoms with van der Waals surface area (Å²) in [5, 5.41) is 0. The molecule has 0 saturated carbocycles. The molecule has 0 fully saturated rings. The summed E-state index contributed by atoms with van der Waals surface area (Å²) in [6.07, 6.45) is 3.82. The Hall–Kier alpha value is -4.44. The second-order valence-electron chi connectivity index (χ2n) is 7.90. The predicted molar refractivity (Wildman–Crippen MR) is 137 cm³/mol. The Balaban J connectivity index is 1.36. The van der Waals surface area contributed by atoms with Gasteiger partial charge in [0.2, 0.25) is 0 Å². The van der Waals surface area contributed by atoms with Crippen LogP contribution in [0.5, 0.6) is 11.5 Å². The van der Waals surface area contributed by atoms with Crippen molar-refractivity contribution in [1.29, 1.82) is 0 Å².